The summed E-state index contributed by atoms with van der Waals surface area (Å²) in [5, 5.41) is 5.31. The van der Waals surface area contributed by atoms with E-state index in [-0.39, 0.29) is 24.3 Å². The van der Waals surface area contributed by atoms with Crippen molar-refractivity contribution in [3.63, 3.8) is 0 Å². The van der Waals surface area contributed by atoms with Crippen LogP contribution in [0.5, 0.6) is 0 Å². The molecule has 1 aliphatic carbocycles. The van der Waals surface area contributed by atoms with Crippen LogP contribution in [0.15, 0.2) is 5.38 Å². The molecular weight excluding hydrogens is 276 g/mol. The summed E-state index contributed by atoms with van der Waals surface area (Å²) in [5.41, 5.74) is 7.14. The fraction of sp³-hybridized carbons (Fsp3) is 0.571. The summed E-state index contributed by atoms with van der Waals surface area (Å²) in [6.45, 7) is 3.87. The van der Waals surface area contributed by atoms with E-state index in [0.29, 0.717) is 23.1 Å². The highest BCUT2D eigenvalue weighted by Crippen LogP contribution is 2.46. The third kappa shape index (κ3) is 3.58. The van der Waals surface area contributed by atoms with Crippen molar-refractivity contribution in [1.29, 1.82) is 0 Å². The lowest BCUT2D eigenvalue weighted by Crippen LogP contribution is -2.24. The Kier molecular flexibility index (Phi) is 4.77. The molecule has 1 unspecified atom stereocenters. The van der Waals surface area contributed by atoms with Crippen molar-refractivity contribution in [2.45, 2.75) is 45.1 Å². The second-order valence-electron chi connectivity index (χ2n) is 5.12. The van der Waals surface area contributed by atoms with Gasteiger partial charge >= 0.3 is 5.97 Å². The topological polar surface area (TPSA) is 81.4 Å². The molecule has 0 aliphatic heterocycles. The summed E-state index contributed by atoms with van der Waals surface area (Å²) in [6.07, 6.45) is 2.42. The minimum atomic E-state index is -0.355. The highest BCUT2D eigenvalue weighted by atomic mass is 32.1. The average molecular weight is 296 g/mol. The Bertz CT molecular complexity index is 507. The molecule has 1 fully saturated rings. The minimum Gasteiger partial charge on any atom is -0.462 e. The molecule has 0 bridgehead atoms. The molecule has 1 aliphatic rings. The number of esters is 1. The number of thiophene rings is 1. The van der Waals surface area contributed by atoms with Crippen molar-refractivity contribution >= 4 is 28.2 Å². The van der Waals surface area contributed by atoms with E-state index < -0.39 is 0 Å². The number of anilines is 1. The largest absolute Gasteiger partial charge is 0.462 e. The minimum absolute atomic E-state index is 0.172. The fourth-order valence-electron chi connectivity index (χ4n) is 2.04. The zero-order valence-corrected chi connectivity index (χ0v) is 12.6. The van der Waals surface area contributed by atoms with Gasteiger partial charge in [-0.25, -0.2) is 4.79 Å². The molecule has 0 radical (unpaired) electrons. The Hall–Kier alpha value is -1.40. The number of nitrogens with two attached hydrogens (primary N) is 1. The summed E-state index contributed by atoms with van der Waals surface area (Å²) in [7, 11) is 0. The van der Waals surface area contributed by atoms with Crippen molar-refractivity contribution in [3.8, 4) is 0 Å². The Morgan fingerprint density at radius 3 is 2.80 bits per heavy atom. The maximum Gasteiger partial charge on any atom is 0.341 e. The van der Waals surface area contributed by atoms with Gasteiger partial charge in [-0.3, -0.25) is 4.79 Å². The van der Waals surface area contributed by atoms with Crippen LogP contribution in [0.2, 0.25) is 0 Å². The molecular formula is C14H20N2O3S. The number of hydrogen-bond acceptors (Lipinski definition) is 5. The van der Waals surface area contributed by atoms with Gasteiger partial charge in [0, 0.05) is 12.5 Å². The van der Waals surface area contributed by atoms with E-state index in [4.69, 9.17) is 10.5 Å². The highest BCUT2D eigenvalue weighted by molar-refractivity contribution is 7.15. The quantitative estimate of drug-likeness (QED) is 0.790. The Labute approximate surface area is 122 Å². The normalized spacial score (nSPS) is 15.8. The lowest BCUT2D eigenvalue weighted by atomic mass is 10.1. The van der Waals surface area contributed by atoms with E-state index in [0.717, 1.165) is 18.4 Å². The molecule has 1 atom stereocenters. The van der Waals surface area contributed by atoms with Crippen LogP contribution in [0, 0.1) is 0 Å². The molecule has 1 aromatic rings. The van der Waals surface area contributed by atoms with Gasteiger partial charge in [0.05, 0.1) is 12.2 Å². The SMILES string of the molecule is CCOC(=O)c1c(C2CC2)csc1NC(=O)CC(C)N. The van der Waals surface area contributed by atoms with Crippen molar-refractivity contribution in [3.05, 3.63) is 16.5 Å². The van der Waals surface area contributed by atoms with Gasteiger partial charge in [0.25, 0.3) is 0 Å². The number of rotatable bonds is 6. The molecule has 1 aromatic heterocycles. The van der Waals surface area contributed by atoms with E-state index in [1.165, 1.54) is 11.3 Å². The second kappa shape index (κ2) is 6.37. The molecule has 1 heterocycles. The number of carbonyl (C=O) groups excluding carboxylic acids is 2. The van der Waals surface area contributed by atoms with Crippen LogP contribution in [-0.4, -0.2) is 24.5 Å². The van der Waals surface area contributed by atoms with Gasteiger partial charge in [0.1, 0.15) is 5.00 Å². The van der Waals surface area contributed by atoms with E-state index >= 15 is 0 Å². The molecule has 1 saturated carbocycles. The number of amides is 1. The molecule has 2 rings (SSSR count). The first kappa shape index (κ1) is 15.0. The predicted molar refractivity (Wildman–Crippen MR) is 79.1 cm³/mol. The lowest BCUT2D eigenvalue weighted by Gasteiger charge is -2.09. The van der Waals surface area contributed by atoms with E-state index in [1.54, 1.807) is 13.8 Å². The second-order valence-corrected chi connectivity index (χ2v) is 6.00. The Balaban J connectivity index is 2.19. The summed E-state index contributed by atoms with van der Waals surface area (Å²) < 4.78 is 5.10. The average Bonchev–Trinajstić information content (AvgIpc) is 3.10. The van der Waals surface area contributed by atoms with Gasteiger partial charge in [-0.1, -0.05) is 0 Å². The van der Waals surface area contributed by atoms with E-state index in [1.807, 2.05) is 5.38 Å². The van der Waals surface area contributed by atoms with Gasteiger partial charge in [0.15, 0.2) is 0 Å². The smallest absolute Gasteiger partial charge is 0.341 e. The third-order valence-electron chi connectivity index (χ3n) is 3.08. The van der Waals surface area contributed by atoms with Crippen LogP contribution < -0.4 is 11.1 Å². The molecule has 6 heteroatoms. The van der Waals surface area contributed by atoms with Crippen LogP contribution in [-0.2, 0) is 9.53 Å². The molecule has 1 amide bonds. The first-order valence-corrected chi connectivity index (χ1v) is 7.74. The molecule has 5 nitrogen and oxygen atoms in total. The van der Waals surface area contributed by atoms with E-state index in [9.17, 15) is 9.59 Å². The zero-order chi connectivity index (χ0) is 14.7. The maximum absolute atomic E-state index is 12.1. The first-order chi connectivity index (χ1) is 9.52. The number of hydrogen-bond donors (Lipinski definition) is 2. The summed E-state index contributed by atoms with van der Waals surface area (Å²) in [4.78, 5) is 23.9. The number of ether oxygens (including phenoxy) is 1. The number of carbonyl (C=O) groups is 2. The Morgan fingerprint density at radius 2 is 2.25 bits per heavy atom. The van der Waals surface area contributed by atoms with E-state index in [2.05, 4.69) is 5.32 Å². The van der Waals surface area contributed by atoms with Crippen molar-refractivity contribution in [2.75, 3.05) is 11.9 Å². The first-order valence-electron chi connectivity index (χ1n) is 6.86. The van der Waals surface area contributed by atoms with Gasteiger partial charge in [-0.05, 0) is 43.6 Å². The maximum atomic E-state index is 12.1. The third-order valence-corrected chi connectivity index (χ3v) is 3.99. The zero-order valence-electron chi connectivity index (χ0n) is 11.8. The van der Waals surface area contributed by atoms with Crippen molar-refractivity contribution < 1.29 is 14.3 Å². The molecule has 20 heavy (non-hydrogen) atoms. The predicted octanol–water partition coefficient (Wildman–Crippen LogP) is 2.48. The summed E-state index contributed by atoms with van der Waals surface area (Å²) in [6, 6.07) is -0.205. The van der Waals surface area contributed by atoms with Gasteiger partial charge in [-0.2, -0.15) is 0 Å². The summed E-state index contributed by atoms with van der Waals surface area (Å²) in [5.74, 6) is -0.0915. The Morgan fingerprint density at radius 1 is 1.55 bits per heavy atom. The monoisotopic (exact) mass is 296 g/mol. The van der Waals surface area contributed by atoms with Crippen LogP contribution in [0.4, 0.5) is 5.00 Å². The molecule has 110 valence electrons. The van der Waals surface area contributed by atoms with Gasteiger partial charge in [0.2, 0.25) is 5.91 Å². The van der Waals surface area contributed by atoms with Gasteiger partial charge < -0.3 is 15.8 Å². The van der Waals surface area contributed by atoms with Crippen LogP contribution >= 0.6 is 11.3 Å². The van der Waals surface area contributed by atoms with Gasteiger partial charge in [-0.15, -0.1) is 11.3 Å². The van der Waals surface area contributed by atoms with Crippen molar-refractivity contribution in [2.24, 2.45) is 5.73 Å². The highest BCUT2D eigenvalue weighted by Gasteiger charge is 2.32. The molecule has 0 saturated heterocycles. The molecule has 0 aromatic carbocycles. The van der Waals surface area contributed by atoms with Crippen molar-refractivity contribution in [1.82, 2.24) is 0 Å². The summed E-state index contributed by atoms with van der Waals surface area (Å²) >= 11 is 1.38. The molecule has 0 spiro atoms. The van der Waals surface area contributed by atoms with Crippen LogP contribution in [0.25, 0.3) is 0 Å². The standard InChI is InChI=1S/C14H20N2O3S/c1-3-19-14(18)12-10(9-4-5-9)7-20-13(12)16-11(17)6-8(2)15/h7-9H,3-6,15H2,1-2H3,(H,16,17). The lowest BCUT2D eigenvalue weighted by molar-refractivity contribution is -0.116. The van der Waals surface area contributed by atoms with Crippen LogP contribution in [0.1, 0.15) is 54.9 Å². The fourth-order valence-corrected chi connectivity index (χ4v) is 3.09. The molecule has 3 N–H and O–H groups in total. The number of nitrogens with one attached hydrogen (secondary N) is 1. The van der Waals surface area contributed by atoms with Crippen LogP contribution in [0.3, 0.4) is 0 Å².